The van der Waals surface area contributed by atoms with Crippen molar-refractivity contribution in [1.29, 1.82) is 0 Å². The van der Waals surface area contributed by atoms with Crippen LogP contribution >= 0.6 is 22.9 Å². The van der Waals surface area contributed by atoms with Crippen molar-refractivity contribution in [2.45, 2.75) is 51.0 Å². The van der Waals surface area contributed by atoms with Gasteiger partial charge in [0.2, 0.25) is 0 Å². The maximum atomic E-state index is 13.6. The molecule has 26 heavy (non-hydrogen) atoms. The van der Waals surface area contributed by atoms with E-state index in [-0.39, 0.29) is 29.0 Å². The molecule has 1 amide bonds. The quantitative estimate of drug-likeness (QED) is 0.767. The average Bonchev–Trinajstić information content (AvgIpc) is 3.21. The number of carbonyl (C=O) groups excluding carboxylic acids is 1. The van der Waals surface area contributed by atoms with Crippen molar-refractivity contribution in [1.82, 2.24) is 15.1 Å². The van der Waals surface area contributed by atoms with Crippen molar-refractivity contribution in [2.24, 2.45) is 0 Å². The molecule has 2 aromatic rings. The Labute approximate surface area is 157 Å². The lowest BCUT2D eigenvalue weighted by molar-refractivity contribution is -0.173. The molecule has 0 unspecified atom stereocenters. The Morgan fingerprint density at radius 3 is 2.88 bits per heavy atom. The largest absolute Gasteiger partial charge is 0.410 e. The van der Waals surface area contributed by atoms with Gasteiger partial charge in [0.05, 0.1) is 6.04 Å². The Hall–Kier alpha value is -1.74. The summed E-state index contributed by atoms with van der Waals surface area (Å²) in [6.45, 7) is 3.68. The van der Waals surface area contributed by atoms with Crippen LogP contribution in [0.15, 0.2) is 17.5 Å². The van der Waals surface area contributed by atoms with E-state index in [9.17, 15) is 18.0 Å². The number of halogens is 4. The Kier molecular flexibility index (Phi) is 5.21. The number of thiophene rings is 1. The summed E-state index contributed by atoms with van der Waals surface area (Å²) in [5.41, 5.74) is -0.199. The summed E-state index contributed by atoms with van der Waals surface area (Å²) in [5.74, 6) is -0.561. The summed E-state index contributed by atoms with van der Waals surface area (Å²) in [7, 11) is 0. The van der Waals surface area contributed by atoms with Crippen LogP contribution in [0, 0.1) is 0 Å². The molecule has 2 aromatic heterocycles. The number of nitrogens with one attached hydrogen (secondary N) is 2. The monoisotopic (exact) mass is 406 g/mol. The zero-order valence-electron chi connectivity index (χ0n) is 14.1. The van der Waals surface area contributed by atoms with Crippen LogP contribution in [0.5, 0.6) is 0 Å². The number of rotatable bonds is 4. The smallest absolute Gasteiger partial charge is 0.361 e. The van der Waals surface area contributed by atoms with Crippen LogP contribution in [0.2, 0.25) is 5.02 Å². The third-order valence-electron chi connectivity index (χ3n) is 4.39. The molecule has 0 saturated carbocycles. The van der Waals surface area contributed by atoms with Crippen LogP contribution in [-0.2, 0) is 0 Å². The summed E-state index contributed by atoms with van der Waals surface area (Å²) in [5, 5.41) is 11.3. The zero-order valence-corrected chi connectivity index (χ0v) is 15.7. The summed E-state index contributed by atoms with van der Waals surface area (Å²) >= 11 is 7.60. The van der Waals surface area contributed by atoms with Gasteiger partial charge in [-0.15, -0.1) is 11.3 Å². The third kappa shape index (κ3) is 3.55. The second-order valence-corrected chi connectivity index (χ2v) is 7.60. The van der Waals surface area contributed by atoms with Gasteiger partial charge in [0.15, 0.2) is 11.7 Å². The molecule has 2 N–H and O–H groups in total. The van der Waals surface area contributed by atoms with E-state index in [2.05, 4.69) is 15.7 Å². The lowest BCUT2D eigenvalue weighted by Crippen LogP contribution is -2.36. The highest BCUT2D eigenvalue weighted by molar-refractivity contribution is 7.10. The summed E-state index contributed by atoms with van der Waals surface area (Å²) < 4.78 is 41.6. The van der Waals surface area contributed by atoms with Gasteiger partial charge >= 0.3 is 6.18 Å². The summed E-state index contributed by atoms with van der Waals surface area (Å²) in [6.07, 6.45) is -4.05. The maximum absolute atomic E-state index is 13.6. The molecule has 3 heterocycles. The number of amides is 1. The molecule has 10 heteroatoms. The van der Waals surface area contributed by atoms with E-state index in [0.717, 1.165) is 9.56 Å². The van der Waals surface area contributed by atoms with E-state index < -0.39 is 24.2 Å². The van der Waals surface area contributed by atoms with E-state index in [0.29, 0.717) is 6.42 Å². The molecule has 5 nitrogen and oxygen atoms in total. The van der Waals surface area contributed by atoms with Gasteiger partial charge in [-0.05, 0) is 24.8 Å². The number of fused-ring (bicyclic) bond motifs is 1. The number of aromatic nitrogens is 2. The molecule has 0 aliphatic carbocycles. The Balaban J connectivity index is 2.00. The number of hydrogen-bond acceptors (Lipinski definition) is 4. The van der Waals surface area contributed by atoms with Gasteiger partial charge in [0.25, 0.3) is 5.91 Å². The van der Waals surface area contributed by atoms with Gasteiger partial charge < -0.3 is 10.6 Å². The number of alkyl halides is 3. The van der Waals surface area contributed by atoms with E-state index in [1.165, 1.54) is 11.3 Å². The minimum Gasteiger partial charge on any atom is -0.361 e. The lowest BCUT2D eigenvalue weighted by atomic mass is 10.0. The first kappa shape index (κ1) is 19.0. The third-order valence-corrected chi connectivity index (χ3v) is 5.73. The standard InChI is InChI=1S/C16H18ClF3N4OS/c1-3-8(2)21-15(25)13-12(17)14-22-9(10-5-4-6-26-10)7-11(16(18,19)20)24(14)23-13/h4-6,8-9,11,22H,3,7H2,1-2H3,(H,21,25)/t8-,9-,11+/m0/s1. The van der Waals surface area contributed by atoms with Crippen LogP contribution in [0.1, 0.15) is 54.1 Å². The van der Waals surface area contributed by atoms with Crippen LogP contribution in [0.25, 0.3) is 0 Å². The van der Waals surface area contributed by atoms with Gasteiger partial charge in [-0.25, -0.2) is 4.68 Å². The predicted octanol–water partition coefficient (Wildman–Crippen LogP) is 4.79. The molecule has 3 rings (SSSR count). The molecule has 0 fully saturated rings. The molecule has 0 spiro atoms. The summed E-state index contributed by atoms with van der Waals surface area (Å²) in [4.78, 5) is 13.1. The SMILES string of the molecule is CC[C@H](C)NC(=O)c1nn2c(c1Cl)N[C@H](c1cccs1)C[C@@H]2C(F)(F)F. The van der Waals surface area contributed by atoms with Crippen LogP contribution < -0.4 is 10.6 Å². The first-order chi connectivity index (χ1) is 12.2. The first-order valence-corrected chi connectivity index (χ1v) is 9.43. The fourth-order valence-electron chi connectivity index (χ4n) is 2.80. The van der Waals surface area contributed by atoms with E-state index in [1.807, 2.05) is 6.92 Å². The maximum Gasteiger partial charge on any atom is 0.410 e. The molecule has 0 aromatic carbocycles. The van der Waals surface area contributed by atoms with Gasteiger partial charge in [-0.2, -0.15) is 18.3 Å². The van der Waals surface area contributed by atoms with Gasteiger partial charge in [-0.1, -0.05) is 24.6 Å². The minimum atomic E-state index is -4.51. The average molecular weight is 407 g/mol. The lowest BCUT2D eigenvalue weighted by Gasteiger charge is -2.32. The highest BCUT2D eigenvalue weighted by Gasteiger charge is 2.48. The van der Waals surface area contributed by atoms with Crippen molar-refractivity contribution in [2.75, 3.05) is 5.32 Å². The fraction of sp³-hybridized carbons (Fsp3) is 0.500. The molecule has 1 aliphatic rings. The van der Waals surface area contributed by atoms with E-state index >= 15 is 0 Å². The normalized spacial score (nSPS) is 21.0. The Morgan fingerprint density at radius 2 is 2.31 bits per heavy atom. The highest BCUT2D eigenvalue weighted by Crippen LogP contribution is 2.46. The number of nitrogens with zero attached hydrogens (tertiary/aromatic N) is 2. The molecule has 142 valence electrons. The molecular formula is C16H18ClF3N4OS. The van der Waals surface area contributed by atoms with Crippen molar-refractivity contribution < 1.29 is 18.0 Å². The predicted molar refractivity (Wildman–Crippen MR) is 94.8 cm³/mol. The second-order valence-electron chi connectivity index (χ2n) is 6.24. The van der Waals surface area contributed by atoms with E-state index in [1.54, 1.807) is 24.4 Å². The number of anilines is 1. The van der Waals surface area contributed by atoms with Gasteiger partial charge in [0, 0.05) is 17.3 Å². The fourth-order valence-corrected chi connectivity index (χ4v) is 3.86. The Bertz CT molecular complexity index is 790. The van der Waals surface area contributed by atoms with Crippen LogP contribution in [-0.4, -0.2) is 27.9 Å². The Morgan fingerprint density at radius 1 is 1.58 bits per heavy atom. The number of carbonyl (C=O) groups is 1. The number of hydrogen-bond donors (Lipinski definition) is 2. The minimum absolute atomic E-state index is 0.0212. The van der Waals surface area contributed by atoms with Crippen molar-refractivity contribution in [3.05, 3.63) is 33.1 Å². The van der Waals surface area contributed by atoms with Crippen LogP contribution in [0.3, 0.4) is 0 Å². The van der Waals surface area contributed by atoms with Crippen molar-refractivity contribution >= 4 is 34.7 Å². The second kappa shape index (κ2) is 7.11. The van der Waals surface area contributed by atoms with E-state index in [4.69, 9.17) is 11.6 Å². The highest BCUT2D eigenvalue weighted by atomic mass is 35.5. The molecule has 0 radical (unpaired) electrons. The zero-order chi connectivity index (χ0) is 19.1. The summed E-state index contributed by atoms with van der Waals surface area (Å²) in [6, 6.07) is 1.01. The molecular weight excluding hydrogens is 389 g/mol. The molecule has 0 bridgehead atoms. The van der Waals surface area contributed by atoms with Crippen molar-refractivity contribution in [3.63, 3.8) is 0 Å². The topological polar surface area (TPSA) is 59.0 Å². The van der Waals surface area contributed by atoms with Crippen LogP contribution in [0.4, 0.5) is 19.0 Å². The van der Waals surface area contributed by atoms with Gasteiger partial charge in [0.1, 0.15) is 10.8 Å². The van der Waals surface area contributed by atoms with Gasteiger partial charge in [-0.3, -0.25) is 4.79 Å². The molecule has 3 atom stereocenters. The molecule has 0 saturated heterocycles. The first-order valence-electron chi connectivity index (χ1n) is 8.17. The molecule has 1 aliphatic heterocycles. The van der Waals surface area contributed by atoms with Crippen molar-refractivity contribution in [3.8, 4) is 0 Å².